The van der Waals surface area contributed by atoms with Gasteiger partial charge >= 0.3 is 0 Å². The summed E-state index contributed by atoms with van der Waals surface area (Å²) in [5.74, 6) is 0.485. The van der Waals surface area contributed by atoms with E-state index in [2.05, 4.69) is 9.97 Å². The maximum Gasteiger partial charge on any atom is 0.226 e. The summed E-state index contributed by atoms with van der Waals surface area (Å²) >= 11 is 6.45. The molecule has 0 aliphatic carbocycles. The summed E-state index contributed by atoms with van der Waals surface area (Å²) in [6, 6.07) is 12.7. The minimum Gasteiger partial charge on any atom is -0.481 e. The number of anilines is 1. The third kappa shape index (κ3) is 5.27. The van der Waals surface area contributed by atoms with Crippen LogP contribution in [-0.4, -0.2) is 35.8 Å². The third-order valence-electron chi connectivity index (χ3n) is 5.04. The zero-order chi connectivity index (χ0) is 22.4. The van der Waals surface area contributed by atoms with Gasteiger partial charge in [0.15, 0.2) is 5.78 Å². The fourth-order valence-corrected chi connectivity index (χ4v) is 3.50. The largest absolute Gasteiger partial charge is 0.481 e. The summed E-state index contributed by atoms with van der Waals surface area (Å²) in [4.78, 5) is 34.5. The SMILES string of the molecule is CCC(=O)N(C)c1ccc(-c2ccc(C(=O)CCc3cccnc3OC)nc2)c(Cl)c1. The normalized spacial score (nSPS) is 10.6. The van der Waals surface area contributed by atoms with Crippen LogP contribution in [0.15, 0.2) is 54.9 Å². The van der Waals surface area contributed by atoms with Gasteiger partial charge in [0.2, 0.25) is 11.8 Å². The topological polar surface area (TPSA) is 72.4 Å². The van der Waals surface area contributed by atoms with Crippen LogP contribution in [0.5, 0.6) is 5.88 Å². The second-order valence-corrected chi connectivity index (χ2v) is 7.40. The molecule has 0 atom stereocenters. The second kappa shape index (κ2) is 10.2. The molecule has 3 aromatic rings. The van der Waals surface area contributed by atoms with E-state index in [0.29, 0.717) is 35.9 Å². The molecule has 0 aliphatic rings. The van der Waals surface area contributed by atoms with Crippen LogP contribution in [0.4, 0.5) is 5.69 Å². The summed E-state index contributed by atoms with van der Waals surface area (Å²) in [7, 11) is 3.28. The lowest BCUT2D eigenvalue weighted by Gasteiger charge is -2.17. The van der Waals surface area contributed by atoms with Crippen molar-refractivity contribution >= 4 is 29.0 Å². The van der Waals surface area contributed by atoms with Gasteiger partial charge in [0, 0.05) is 54.7 Å². The van der Waals surface area contributed by atoms with Gasteiger partial charge in [-0.25, -0.2) is 4.98 Å². The summed E-state index contributed by atoms with van der Waals surface area (Å²) in [5, 5.41) is 0.512. The van der Waals surface area contributed by atoms with E-state index in [-0.39, 0.29) is 11.7 Å². The van der Waals surface area contributed by atoms with Gasteiger partial charge in [0.1, 0.15) is 5.69 Å². The van der Waals surface area contributed by atoms with Gasteiger partial charge in [-0.3, -0.25) is 14.6 Å². The number of benzene rings is 1. The van der Waals surface area contributed by atoms with Crippen LogP contribution in [0.25, 0.3) is 11.1 Å². The molecule has 160 valence electrons. The number of rotatable bonds is 8. The highest BCUT2D eigenvalue weighted by Crippen LogP contribution is 2.31. The standard InChI is InChI=1S/C24H24ClN3O3/c1-4-23(30)28(2)18-9-10-19(20(25)14-18)17-7-11-21(27-15-17)22(29)12-8-16-6-5-13-26-24(16)31-3/h5-7,9-11,13-15H,4,8,12H2,1-3H3. The molecular formula is C24H24ClN3O3. The van der Waals surface area contributed by atoms with Gasteiger partial charge < -0.3 is 9.64 Å². The van der Waals surface area contributed by atoms with Crippen LogP contribution in [0.1, 0.15) is 35.8 Å². The first-order valence-corrected chi connectivity index (χ1v) is 10.4. The predicted molar refractivity (Wildman–Crippen MR) is 122 cm³/mol. The van der Waals surface area contributed by atoms with Crippen LogP contribution in [0, 0.1) is 0 Å². The summed E-state index contributed by atoms with van der Waals surface area (Å²) in [6.07, 6.45) is 4.54. The second-order valence-electron chi connectivity index (χ2n) is 7.00. The van der Waals surface area contributed by atoms with Crippen LogP contribution in [0.2, 0.25) is 5.02 Å². The van der Waals surface area contributed by atoms with Crippen molar-refractivity contribution in [2.75, 3.05) is 19.1 Å². The minimum absolute atomic E-state index is 0.0113. The number of Topliss-reactive ketones (excluding diaryl/α,β-unsaturated/α-hetero) is 1. The van der Waals surface area contributed by atoms with Gasteiger partial charge in [-0.15, -0.1) is 0 Å². The Bertz CT molecular complexity index is 1080. The summed E-state index contributed by atoms with van der Waals surface area (Å²) in [6.45, 7) is 1.82. The zero-order valence-corrected chi connectivity index (χ0v) is 18.5. The number of ether oxygens (including phenoxy) is 1. The molecule has 2 aromatic heterocycles. The van der Waals surface area contributed by atoms with Crippen molar-refractivity contribution in [3.63, 3.8) is 0 Å². The van der Waals surface area contributed by atoms with E-state index in [4.69, 9.17) is 16.3 Å². The first kappa shape index (κ1) is 22.4. The maximum absolute atomic E-state index is 12.6. The highest BCUT2D eigenvalue weighted by molar-refractivity contribution is 6.33. The molecule has 1 amide bonds. The van der Waals surface area contributed by atoms with E-state index in [1.807, 2.05) is 37.3 Å². The predicted octanol–water partition coefficient (Wildman–Crippen LogP) is 4.99. The van der Waals surface area contributed by atoms with E-state index >= 15 is 0 Å². The van der Waals surface area contributed by atoms with E-state index in [0.717, 1.165) is 22.4 Å². The zero-order valence-electron chi connectivity index (χ0n) is 17.8. The summed E-state index contributed by atoms with van der Waals surface area (Å²) < 4.78 is 5.23. The van der Waals surface area contributed by atoms with Crippen molar-refractivity contribution in [2.45, 2.75) is 26.2 Å². The number of pyridine rings is 2. The maximum atomic E-state index is 12.6. The van der Waals surface area contributed by atoms with E-state index in [1.54, 1.807) is 43.6 Å². The molecule has 0 bridgehead atoms. The Morgan fingerprint density at radius 3 is 2.58 bits per heavy atom. The number of nitrogens with zero attached hydrogens (tertiary/aromatic N) is 3. The molecule has 0 aliphatic heterocycles. The third-order valence-corrected chi connectivity index (χ3v) is 5.35. The molecular weight excluding hydrogens is 414 g/mol. The van der Waals surface area contributed by atoms with Crippen molar-refractivity contribution in [1.82, 2.24) is 9.97 Å². The number of amides is 1. The highest BCUT2D eigenvalue weighted by atomic mass is 35.5. The van der Waals surface area contributed by atoms with Crippen molar-refractivity contribution in [1.29, 1.82) is 0 Å². The Hall–Kier alpha value is -3.25. The summed E-state index contributed by atoms with van der Waals surface area (Å²) in [5.41, 5.74) is 3.59. The molecule has 3 rings (SSSR count). The molecule has 0 saturated heterocycles. The lowest BCUT2D eigenvalue weighted by Crippen LogP contribution is -2.24. The molecule has 0 N–H and O–H groups in total. The van der Waals surface area contributed by atoms with Crippen LogP contribution in [-0.2, 0) is 11.2 Å². The number of aryl methyl sites for hydroxylation is 1. The average molecular weight is 438 g/mol. The number of halogens is 1. The number of hydrogen-bond acceptors (Lipinski definition) is 5. The molecule has 0 saturated carbocycles. The molecule has 0 radical (unpaired) electrons. The molecule has 31 heavy (non-hydrogen) atoms. The quantitative estimate of drug-likeness (QED) is 0.464. The Labute approximate surface area is 186 Å². The Morgan fingerprint density at radius 2 is 1.94 bits per heavy atom. The van der Waals surface area contributed by atoms with Gasteiger partial charge in [-0.2, -0.15) is 0 Å². The first-order valence-electron chi connectivity index (χ1n) is 9.98. The van der Waals surface area contributed by atoms with Crippen LogP contribution >= 0.6 is 11.6 Å². The number of ketones is 1. The first-order chi connectivity index (χ1) is 14.9. The minimum atomic E-state index is -0.0568. The Morgan fingerprint density at radius 1 is 1.13 bits per heavy atom. The molecule has 0 unspecified atom stereocenters. The number of methoxy groups -OCH3 is 1. The van der Waals surface area contributed by atoms with Crippen molar-refractivity contribution in [2.24, 2.45) is 0 Å². The Kier molecular flexibility index (Phi) is 7.36. The molecule has 0 fully saturated rings. The number of hydrogen-bond donors (Lipinski definition) is 0. The van der Waals surface area contributed by atoms with Gasteiger partial charge in [0.05, 0.1) is 12.1 Å². The van der Waals surface area contributed by atoms with Crippen molar-refractivity contribution in [3.8, 4) is 17.0 Å². The lowest BCUT2D eigenvalue weighted by atomic mass is 10.0. The van der Waals surface area contributed by atoms with Gasteiger partial charge in [-0.1, -0.05) is 36.7 Å². The molecule has 1 aromatic carbocycles. The van der Waals surface area contributed by atoms with E-state index in [1.165, 1.54) is 0 Å². The molecule has 6 nitrogen and oxygen atoms in total. The van der Waals surface area contributed by atoms with Crippen molar-refractivity contribution in [3.05, 3.63) is 71.1 Å². The lowest BCUT2D eigenvalue weighted by molar-refractivity contribution is -0.118. The van der Waals surface area contributed by atoms with Crippen molar-refractivity contribution < 1.29 is 14.3 Å². The molecule has 2 heterocycles. The molecule has 7 heteroatoms. The fourth-order valence-electron chi connectivity index (χ4n) is 3.22. The van der Waals surface area contributed by atoms with E-state index in [9.17, 15) is 9.59 Å². The number of carbonyl (C=O) groups is 2. The average Bonchev–Trinajstić information content (AvgIpc) is 2.81. The van der Waals surface area contributed by atoms with Crippen LogP contribution < -0.4 is 9.64 Å². The van der Waals surface area contributed by atoms with Crippen LogP contribution in [0.3, 0.4) is 0 Å². The fraction of sp³-hybridized carbons (Fsp3) is 0.250. The van der Waals surface area contributed by atoms with E-state index < -0.39 is 0 Å². The number of aromatic nitrogens is 2. The Balaban J connectivity index is 1.71. The smallest absolute Gasteiger partial charge is 0.226 e. The van der Waals surface area contributed by atoms with Gasteiger partial charge in [-0.05, 0) is 30.7 Å². The highest BCUT2D eigenvalue weighted by Gasteiger charge is 2.14. The number of carbonyl (C=O) groups excluding carboxylic acids is 2. The monoisotopic (exact) mass is 437 g/mol. The molecule has 0 spiro atoms. The van der Waals surface area contributed by atoms with Gasteiger partial charge in [0.25, 0.3) is 0 Å².